The minimum atomic E-state index is -1.03. The lowest BCUT2D eigenvalue weighted by Gasteiger charge is -2.27. The van der Waals surface area contributed by atoms with Crippen LogP contribution < -0.4 is 5.32 Å². The van der Waals surface area contributed by atoms with Gasteiger partial charge < -0.3 is 14.5 Å². The summed E-state index contributed by atoms with van der Waals surface area (Å²) in [6.45, 7) is 7.78. The summed E-state index contributed by atoms with van der Waals surface area (Å²) < 4.78 is 10.5. The van der Waals surface area contributed by atoms with Gasteiger partial charge in [0.05, 0.1) is 6.26 Å². The van der Waals surface area contributed by atoms with E-state index in [2.05, 4.69) is 5.32 Å². The summed E-state index contributed by atoms with van der Waals surface area (Å²) in [7, 11) is 0. The lowest BCUT2D eigenvalue weighted by Crippen LogP contribution is -2.45. The molecule has 0 bridgehead atoms. The molecule has 1 amide bonds. The zero-order valence-electron chi connectivity index (χ0n) is 14.5. The Morgan fingerprint density at radius 1 is 1.21 bits per heavy atom. The molecule has 24 heavy (non-hydrogen) atoms. The molecule has 128 valence electrons. The summed E-state index contributed by atoms with van der Waals surface area (Å²) >= 11 is 0. The Bertz CT molecular complexity index is 687. The van der Waals surface area contributed by atoms with Crippen LogP contribution in [0.25, 0.3) is 0 Å². The van der Waals surface area contributed by atoms with E-state index in [1.54, 1.807) is 18.2 Å². The number of benzene rings is 1. The van der Waals surface area contributed by atoms with E-state index in [1.807, 2.05) is 39.8 Å². The third kappa shape index (κ3) is 4.47. The molecule has 0 aliphatic carbocycles. The van der Waals surface area contributed by atoms with E-state index in [9.17, 15) is 9.59 Å². The smallest absolute Gasteiger partial charge is 0.375 e. The van der Waals surface area contributed by atoms with Gasteiger partial charge in [0, 0.05) is 11.1 Å². The van der Waals surface area contributed by atoms with Crippen molar-refractivity contribution >= 4 is 11.9 Å². The van der Waals surface area contributed by atoms with E-state index < -0.39 is 17.6 Å². The Hall–Kier alpha value is -2.56. The van der Waals surface area contributed by atoms with Gasteiger partial charge in [0.15, 0.2) is 0 Å². The number of furan rings is 1. The minimum absolute atomic E-state index is 0.0645. The SMILES string of the molecule is CCC(C)(C)NC(=O)C(OC(=O)c1ccco1)c1ccc(C)cc1. The van der Waals surface area contributed by atoms with Gasteiger partial charge in [-0.1, -0.05) is 36.8 Å². The highest BCUT2D eigenvalue weighted by molar-refractivity contribution is 5.90. The second-order valence-corrected chi connectivity index (χ2v) is 6.40. The van der Waals surface area contributed by atoms with Gasteiger partial charge in [-0.2, -0.15) is 0 Å². The predicted octanol–water partition coefficient (Wildman–Crippen LogP) is 3.79. The van der Waals surface area contributed by atoms with Gasteiger partial charge >= 0.3 is 5.97 Å². The number of ether oxygens (including phenoxy) is 1. The fourth-order valence-electron chi connectivity index (χ4n) is 2.06. The van der Waals surface area contributed by atoms with Crippen molar-refractivity contribution in [1.29, 1.82) is 0 Å². The van der Waals surface area contributed by atoms with Crippen LogP contribution >= 0.6 is 0 Å². The number of hydrogen-bond donors (Lipinski definition) is 1. The lowest BCUT2D eigenvalue weighted by molar-refractivity contribution is -0.132. The molecule has 0 radical (unpaired) electrons. The average Bonchev–Trinajstić information content (AvgIpc) is 3.07. The normalized spacial score (nSPS) is 12.5. The fourth-order valence-corrected chi connectivity index (χ4v) is 2.06. The third-order valence-corrected chi connectivity index (χ3v) is 3.91. The Labute approximate surface area is 142 Å². The first-order chi connectivity index (χ1) is 11.3. The summed E-state index contributed by atoms with van der Waals surface area (Å²) in [6, 6.07) is 10.4. The van der Waals surface area contributed by atoms with Crippen LogP contribution in [0.1, 0.15) is 55.0 Å². The predicted molar refractivity (Wildman–Crippen MR) is 90.6 cm³/mol. The van der Waals surface area contributed by atoms with Crippen molar-refractivity contribution in [2.45, 2.75) is 45.8 Å². The van der Waals surface area contributed by atoms with E-state index in [-0.39, 0.29) is 11.7 Å². The van der Waals surface area contributed by atoms with E-state index in [0.29, 0.717) is 5.56 Å². The van der Waals surface area contributed by atoms with Crippen LogP contribution in [-0.2, 0) is 9.53 Å². The molecule has 1 unspecified atom stereocenters. The van der Waals surface area contributed by atoms with Gasteiger partial charge in [0.2, 0.25) is 11.9 Å². The number of hydrogen-bond acceptors (Lipinski definition) is 4. The van der Waals surface area contributed by atoms with Gasteiger partial charge in [-0.3, -0.25) is 4.79 Å². The van der Waals surface area contributed by atoms with Crippen molar-refractivity contribution in [2.75, 3.05) is 0 Å². The summed E-state index contributed by atoms with van der Waals surface area (Å²) in [4.78, 5) is 24.9. The maximum atomic E-state index is 12.7. The molecular formula is C19H23NO4. The highest BCUT2D eigenvalue weighted by Gasteiger charge is 2.30. The Kier molecular flexibility index (Phi) is 5.44. The maximum Gasteiger partial charge on any atom is 0.375 e. The number of esters is 1. The topological polar surface area (TPSA) is 68.5 Å². The Morgan fingerprint density at radius 3 is 2.42 bits per heavy atom. The zero-order valence-corrected chi connectivity index (χ0v) is 14.5. The molecule has 1 atom stereocenters. The molecule has 2 aromatic rings. The van der Waals surface area contributed by atoms with Crippen LogP contribution in [0.2, 0.25) is 0 Å². The third-order valence-electron chi connectivity index (χ3n) is 3.91. The first kappa shape index (κ1) is 17.8. The molecule has 0 fully saturated rings. The van der Waals surface area contributed by atoms with Crippen molar-refractivity contribution in [3.63, 3.8) is 0 Å². The second-order valence-electron chi connectivity index (χ2n) is 6.40. The summed E-state index contributed by atoms with van der Waals surface area (Å²) in [5, 5.41) is 2.92. The molecule has 0 saturated heterocycles. The number of carbonyl (C=O) groups is 2. The van der Waals surface area contributed by atoms with E-state index >= 15 is 0 Å². The van der Waals surface area contributed by atoms with Crippen molar-refractivity contribution in [1.82, 2.24) is 5.32 Å². The molecule has 0 saturated carbocycles. The zero-order chi connectivity index (χ0) is 17.7. The first-order valence-corrected chi connectivity index (χ1v) is 7.95. The Balaban J connectivity index is 2.25. The van der Waals surface area contributed by atoms with Crippen LogP contribution in [0.3, 0.4) is 0 Å². The molecule has 2 rings (SSSR count). The Morgan fingerprint density at radius 2 is 1.88 bits per heavy atom. The lowest BCUT2D eigenvalue weighted by atomic mass is 10.00. The standard InChI is InChI=1S/C19H23NO4/c1-5-19(3,4)20-17(21)16(14-10-8-13(2)9-11-14)24-18(22)15-7-6-12-23-15/h6-12,16H,5H2,1-4H3,(H,20,21). The summed E-state index contributed by atoms with van der Waals surface area (Å²) in [5.74, 6) is -0.963. The molecular weight excluding hydrogens is 306 g/mol. The van der Waals surface area contributed by atoms with Crippen molar-refractivity contribution in [3.05, 3.63) is 59.5 Å². The van der Waals surface area contributed by atoms with E-state index in [0.717, 1.165) is 12.0 Å². The molecule has 0 spiro atoms. The number of carbonyl (C=O) groups excluding carboxylic acids is 2. The molecule has 1 heterocycles. The van der Waals surface area contributed by atoms with Gasteiger partial charge in [0.25, 0.3) is 5.91 Å². The van der Waals surface area contributed by atoms with Crippen molar-refractivity contribution in [2.24, 2.45) is 0 Å². The molecule has 0 aliphatic rings. The molecule has 1 aromatic carbocycles. The van der Waals surface area contributed by atoms with E-state index in [1.165, 1.54) is 12.3 Å². The van der Waals surface area contributed by atoms with Crippen molar-refractivity contribution < 1.29 is 18.7 Å². The first-order valence-electron chi connectivity index (χ1n) is 7.95. The maximum absolute atomic E-state index is 12.7. The van der Waals surface area contributed by atoms with Gasteiger partial charge in [-0.25, -0.2) is 4.79 Å². The summed E-state index contributed by atoms with van der Waals surface area (Å²) in [6.07, 6.45) is 1.11. The molecule has 0 aliphatic heterocycles. The minimum Gasteiger partial charge on any atom is -0.457 e. The monoisotopic (exact) mass is 329 g/mol. The number of rotatable bonds is 6. The number of aryl methyl sites for hydroxylation is 1. The van der Waals surface area contributed by atoms with Crippen LogP contribution in [0.5, 0.6) is 0 Å². The van der Waals surface area contributed by atoms with Crippen LogP contribution in [0, 0.1) is 6.92 Å². The van der Waals surface area contributed by atoms with Crippen LogP contribution in [-0.4, -0.2) is 17.4 Å². The largest absolute Gasteiger partial charge is 0.457 e. The number of amides is 1. The van der Waals surface area contributed by atoms with Gasteiger partial charge in [-0.05, 0) is 39.3 Å². The molecule has 5 heteroatoms. The highest BCUT2D eigenvalue weighted by atomic mass is 16.6. The molecule has 1 aromatic heterocycles. The second kappa shape index (κ2) is 7.34. The fraction of sp³-hybridized carbons (Fsp3) is 0.368. The molecule has 5 nitrogen and oxygen atoms in total. The quantitative estimate of drug-likeness (QED) is 0.819. The number of nitrogens with one attached hydrogen (secondary N) is 1. The van der Waals surface area contributed by atoms with Gasteiger partial charge in [-0.15, -0.1) is 0 Å². The van der Waals surface area contributed by atoms with Crippen LogP contribution in [0.15, 0.2) is 47.1 Å². The van der Waals surface area contributed by atoms with Gasteiger partial charge in [0.1, 0.15) is 0 Å². The van der Waals surface area contributed by atoms with Crippen molar-refractivity contribution in [3.8, 4) is 0 Å². The van der Waals surface area contributed by atoms with E-state index in [4.69, 9.17) is 9.15 Å². The summed E-state index contributed by atoms with van der Waals surface area (Å²) in [5.41, 5.74) is 1.28. The van der Waals surface area contributed by atoms with Crippen LogP contribution in [0.4, 0.5) is 0 Å². The molecule has 1 N–H and O–H groups in total. The highest BCUT2D eigenvalue weighted by Crippen LogP contribution is 2.22. The average molecular weight is 329 g/mol.